The molecule has 1 aromatic carbocycles. The Labute approximate surface area is 257 Å². The van der Waals surface area contributed by atoms with E-state index in [1.165, 1.54) is 23.7 Å². The number of amides is 3. The molecule has 230 valence electrons. The van der Waals surface area contributed by atoms with E-state index in [0.717, 1.165) is 34.8 Å². The third kappa shape index (κ3) is 8.14. The molecule has 43 heavy (non-hydrogen) atoms. The third-order valence-electron chi connectivity index (χ3n) is 6.94. The van der Waals surface area contributed by atoms with Gasteiger partial charge in [-0.3, -0.25) is 20.0 Å². The molecule has 3 aromatic rings. The number of nitrogens with zero attached hydrogens (tertiary/aromatic N) is 5. The third-order valence-corrected chi connectivity index (χ3v) is 8.01. The molecule has 5 rings (SSSR count). The lowest BCUT2D eigenvalue weighted by molar-refractivity contribution is -0.117. The lowest BCUT2D eigenvalue weighted by Crippen LogP contribution is -2.36. The summed E-state index contributed by atoms with van der Waals surface area (Å²) in [7, 11) is 0. The van der Waals surface area contributed by atoms with Crippen LogP contribution in [-0.4, -0.2) is 58.5 Å². The number of aromatic nitrogens is 3. The van der Waals surface area contributed by atoms with Gasteiger partial charge in [-0.25, -0.2) is 19.7 Å². The highest BCUT2D eigenvalue weighted by Gasteiger charge is 2.24. The van der Waals surface area contributed by atoms with Gasteiger partial charge in [-0.2, -0.15) is 0 Å². The zero-order valence-electron chi connectivity index (χ0n) is 24.5. The first kappa shape index (κ1) is 30.1. The summed E-state index contributed by atoms with van der Waals surface area (Å²) >= 11 is 1.49. The number of rotatable bonds is 7. The number of benzene rings is 1. The number of nitrogens with two attached hydrogens (primary N) is 1. The number of carbonyl (C=O) groups is 2. The molecule has 2 aliphatic rings. The maximum absolute atomic E-state index is 12.8. The summed E-state index contributed by atoms with van der Waals surface area (Å²) in [5.74, 6) is 1.06. The van der Waals surface area contributed by atoms with Crippen LogP contribution >= 0.6 is 11.3 Å². The summed E-state index contributed by atoms with van der Waals surface area (Å²) < 4.78 is 11.2. The smallest absolute Gasteiger partial charge is 0.324 e. The zero-order valence-corrected chi connectivity index (χ0v) is 25.3. The van der Waals surface area contributed by atoms with Gasteiger partial charge < -0.3 is 20.5 Å². The lowest BCUT2D eigenvalue weighted by atomic mass is 9.92. The van der Waals surface area contributed by atoms with E-state index in [1.807, 2.05) is 45.0 Å². The fraction of sp³-hybridized carbons (Fsp3) is 0.400. The molecule has 0 saturated carbocycles. The van der Waals surface area contributed by atoms with Crippen LogP contribution in [0.5, 0.6) is 11.8 Å². The molecule has 0 radical (unpaired) electrons. The summed E-state index contributed by atoms with van der Waals surface area (Å²) in [5, 5.41) is 6.25. The van der Waals surface area contributed by atoms with E-state index in [-0.39, 0.29) is 26.2 Å². The Bertz CT molecular complexity index is 1500. The predicted octanol–water partition coefficient (Wildman–Crippen LogP) is 5.60. The second-order valence-corrected chi connectivity index (χ2v) is 12.3. The summed E-state index contributed by atoms with van der Waals surface area (Å²) in [6.45, 7) is 7.98. The van der Waals surface area contributed by atoms with E-state index in [9.17, 15) is 9.59 Å². The van der Waals surface area contributed by atoms with Gasteiger partial charge >= 0.3 is 12.0 Å². The van der Waals surface area contributed by atoms with Crippen LogP contribution in [0.2, 0.25) is 0 Å². The SMILES string of the molecule is CC(C)(C)/C(N)=C/C(=NC1CCOCC1)NC(=O)Nc1cnc(Oc2ccc(-c3cnc(N4CCCC4=O)s3)cc2)nc1.[HH].[HH]. The fourth-order valence-corrected chi connectivity index (χ4v) is 5.32. The highest BCUT2D eigenvalue weighted by molar-refractivity contribution is 7.19. The summed E-state index contributed by atoms with van der Waals surface area (Å²) in [5.41, 5.74) is 7.94. The first-order chi connectivity index (χ1) is 20.6. The van der Waals surface area contributed by atoms with Gasteiger partial charge in [-0.1, -0.05) is 32.1 Å². The average Bonchev–Trinajstić information content (AvgIpc) is 3.63. The van der Waals surface area contributed by atoms with Crippen molar-refractivity contribution in [2.24, 2.45) is 16.1 Å². The number of urea groups is 1. The molecule has 2 aromatic heterocycles. The number of hydrogen-bond acceptors (Lipinski definition) is 10. The first-order valence-electron chi connectivity index (χ1n) is 14.2. The van der Waals surface area contributed by atoms with Crippen molar-refractivity contribution in [1.82, 2.24) is 20.3 Å². The molecule has 2 fully saturated rings. The van der Waals surface area contributed by atoms with Crippen molar-refractivity contribution >= 4 is 39.9 Å². The molecule has 0 aliphatic carbocycles. The van der Waals surface area contributed by atoms with Crippen LogP contribution < -0.4 is 26.0 Å². The van der Waals surface area contributed by atoms with Gasteiger partial charge in [0.05, 0.1) is 29.0 Å². The number of anilines is 2. The second-order valence-electron chi connectivity index (χ2n) is 11.3. The zero-order chi connectivity index (χ0) is 30.4. The molecule has 0 bridgehead atoms. The number of carbonyl (C=O) groups excluding carboxylic acids is 2. The van der Waals surface area contributed by atoms with Crippen LogP contribution in [0.1, 0.15) is 49.3 Å². The number of allylic oxidation sites excluding steroid dienone is 1. The summed E-state index contributed by atoms with van der Waals surface area (Å²) in [6.07, 6.45) is 9.40. The van der Waals surface area contributed by atoms with Crippen LogP contribution in [-0.2, 0) is 9.53 Å². The standard InChI is InChI=1S/C30H36N8O4S.2H2/c1-30(2,3)24(31)15-25(35-20-10-13-41-14-11-20)37-27(40)36-21-16-32-28(33-17-21)42-22-8-6-19(7-9-22)23-18-34-29(43-23)38-12-4-5-26(38)39;;/h6-9,15-18,20H,4-5,10-14,31H2,1-3H3,(H2,35,36,37,40);2*1H/b24-15-;;. The van der Waals surface area contributed by atoms with Gasteiger partial charge in [0.25, 0.3) is 0 Å². The minimum atomic E-state index is -0.489. The van der Waals surface area contributed by atoms with E-state index in [4.69, 9.17) is 20.2 Å². The first-order valence-corrected chi connectivity index (χ1v) is 15.0. The van der Waals surface area contributed by atoms with E-state index in [2.05, 4.69) is 25.6 Å². The normalized spacial score (nSPS) is 16.8. The van der Waals surface area contributed by atoms with Gasteiger partial charge in [0.2, 0.25) is 5.91 Å². The molecule has 0 spiro atoms. The van der Waals surface area contributed by atoms with E-state index >= 15 is 0 Å². The van der Waals surface area contributed by atoms with Crippen LogP contribution in [0.3, 0.4) is 0 Å². The van der Waals surface area contributed by atoms with E-state index < -0.39 is 6.03 Å². The average molecular weight is 609 g/mol. The molecule has 12 nitrogen and oxygen atoms in total. The van der Waals surface area contributed by atoms with Crippen molar-refractivity contribution in [3.8, 4) is 22.2 Å². The number of aliphatic imine (C=N–C) groups is 1. The maximum atomic E-state index is 12.8. The minimum absolute atomic E-state index is 0. The van der Waals surface area contributed by atoms with Crippen molar-refractivity contribution in [2.45, 2.75) is 52.5 Å². The van der Waals surface area contributed by atoms with Crippen LogP contribution in [0.25, 0.3) is 10.4 Å². The molecule has 13 heteroatoms. The highest BCUT2D eigenvalue weighted by atomic mass is 32.1. The number of hydrogen-bond donors (Lipinski definition) is 3. The summed E-state index contributed by atoms with van der Waals surface area (Å²) in [4.78, 5) is 45.1. The Morgan fingerprint density at radius 3 is 2.53 bits per heavy atom. The molecule has 3 amide bonds. The topological polar surface area (TPSA) is 157 Å². The van der Waals surface area contributed by atoms with Gasteiger partial charge in [0.1, 0.15) is 11.6 Å². The number of amidine groups is 1. The molecule has 4 N–H and O–H groups in total. The van der Waals surface area contributed by atoms with Crippen molar-refractivity contribution in [3.05, 3.63) is 54.6 Å². The van der Waals surface area contributed by atoms with Crippen LogP contribution in [0, 0.1) is 5.41 Å². The van der Waals surface area contributed by atoms with Crippen molar-refractivity contribution in [2.75, 3.05) is 30.0 Å². The van der Waals surface area contributed by atoms with E-state index in [0.29, 0.717) is 49.1 Å². The molecule has 2 aliphatic heterocycles. The molecule has 4 heterocycles. The van der Waals surface area contributed by atoms with Gasteiger partial charge in [0, 0.05) is 46.3 Å². The van der Waals surface area contributed by atoms with Crippen molar-refractivity contribution < 1.29 is 21.9 Å². The monoisotopic (exact) mass is 608 g/mol. The van der Waals surface area contributed by atoms with Gasteiger partial charge in [-0.05, 0) is 55.2 Å². The van der Waals surface area contributed by atoms with Crippen LogP contribution in [0.4, 0.5) is 15.6 Å². The number of ether oxygens (including phenoxy) is 2. The highest BCUT2D eigenvalue weighted by Crippen LogP contribution is 2.34. The lowest BCUT2D eigenvalue weighted by Gasteiger charge is -2.22. The van der Waals surface area contributed by atoms with Crippen molar-refractivity contribution in [3.63, 3.8) is 0 Å². The molecular weight excluding hydrogens is 568 g/mol. The number of thiazole rings is 1. The van der Waals surface area contributed by atoms with Crippen molar-refractivity contribution in [1.29, 1.82) is 0 Å². The fourth-order valence-electron chi connectivity index (χ4n) is 4.36. The molecule has 2 saturated heterocycles. The Morgan fingerprint density at radius 2 is 1.88 bits per heavy atom. The number of nitrogens with one attached hydrogen (secondary N) is 2. The quantitative estimate of drug-likeness (QED) is 0.231. The Morgan fingerprint density at radius 1 is 1.16 bits per heavy atom. The Kier molecular flexibility index (Phi) is 9.31. The molecular formula is C30H40N8O4S. The van der Waals surface area contributed by atoms with Gasteiger partial charge in [-0.15, -0.1) is 0 Å². The Balaban J connectivity index is 0.00000276. The van der Waals surface area contributed by atoms with Crippen LogP contribution in [0.15, 0.2) is 59.6 Å². The molecule has 0 unspecified atom stereocenters. The maximum Gasteiger partial charge on any atom is 0.324 e. The molecule has 0 atom stereocenters. The Hall–Kier alpha value is -4.36. The largest absolute Gasteiger partial charge is 0.424 e. The van der Waals surface area contributed by atoms with E-state index in [1.54, 1.807) is 17.2 Å². The van der Waals surface area contributed by atoms with Gasteiger partial charge in [0.15, 0.2) is 5.13 Å². The summed E-state index contributed by atoms with van der Waals surface area (Å²) in [6, 6.07) is 7.15. The minimum Gasteiger partial charge on any atom is -0.424 e. The second kappa shape index (κ2) is 13.3. The predicted molar refractivity (Wildman–Crippen MR) is 171 cm³/mol.